The molecule has 202 valence electrons. The quantitative estimate of drug-likeness (QED) is 0.259. The van der Waals surface area contributed by atoms with E-state index in [1.54, 1.807) is 46.0 Å². The molecule has 40 heavy (non-hydrogen) atoms. The number of nitrogens with two attached hydrogens (primary N) is 1. The first-order valence-corrected chi connectivity index (χ1v) is 13.4. The van der Waals surface area contributed by atoms with Gasteiger partial charge in [-0.2, -0.15) is 5.10 Å². The number of halogens is 1. The summed E-state index contributed by atoms with van der Waals surface area (Å²) in [7, 11) is 0. The lowest BCUT2D eigenvalue weighted by Crippen LogP contribution is -2.25. The third-order valence-electron chi connectivity index (χ3n) is 7.58. The van der Waals surface area contributed by atoms with Crippen molar-refractivity contribution in [3.8, 4) is 5.69 Å². The van der Waals surface area contributed by atoms with Crippen molar-refractivity contribution >= 4 is 22.4 Å². The van der Waals surface area contributed by atoms with E-state index < -0.39 is 5.82 Å². The average Bonchev–Trinajstić information content (AvgIpc) is 3.70. The molecule has 0 spiro atoms. The average molecular weight is 537 g/mol. The van der Waals surface area contributed by atoms with Crippen molar-refractivity contribution in [3.63, 3.8) is 0 Å². The maximum atomic E-state index is 15.1. The van der Waals surface area contributed by atoms with E-state index >= 15 is 4.39 Å². The number of rotatable bonds is 9. The molecule has 3 aromatic heterocycles. The summed E-state index contributed by atoms with van der Waals surface area (Å²) in [6, 6.07) is 13.7. The molecule has 1 unspecified atom stereocenters. The summed E-state index contributed by atoms with van der Waals surface area (Å²) in [5.41, 5.74) is 8.61. The highest BCUT2D eigenvalue weighted by Gasteiger charge is 2.25. The van der Waals surface area contributed by atoms with Crippen LogP contribution in [0.2, 0.25) is 0 Å². The molecule has 8 nitrogen and oxygen atoms in total. The predicted molar refractivity (Wildman–Crippen MR) is 151 cm³/mol. The second kappa shape index (κ2) is 10.5. The molecule has 1 fully saturated rings. The molecule has 0 aliphatic heterocycles. The van der Waals surface area contributed by atoms with Gasteiger partial charge in [0.15, 0.2) is 5.78 Å². The van der Waals surface area contributed by atoms with E-state index in [2.05, 4.69) is 15.1 Å². The summed E-state index contributed by atoms with van der Waals surface area (Å²) in [4.78, 5) is 34.3. The number of fused-ring (bicyclic) bond motifs is 1. The van der Waals surface area contributed by atoms with Crippen molar-refractivity contribution in [2.24, 2.45) is 5.92 Å². The van der Waals surface area contributed by atoms with Crippen molar-refractivity contribution < 1.29 is 9.18 Å². The molecule has 0 radical (unpaired) electrons. The van der Waals surface area contributed by atoms with Gasteiger partial charge in [-0.05, 0) is 72.5 Å². The summed E-state index contributed by atoms with van der Waals surface area (Å²) >= 11 is 0. The van der Waals surface area contributed by atoms with E-state index in [1.165, 1.54) is 25.1 Å². The number of aromatic nitrogens is 5. The minimum Gasteiger partial charge on any atom is -0.383 e. The summed E-state index contributed by atoms with van der Waals surface area (Å²) in [6.45, 7) is 1.81. The van der Waals surface area contributed by atoms with E-state index in [1.807, 2.05) is 31.2 Å². The predicted octanol–water partition coefficient (Wildman–Crippen LogP) is 5.21. The fraction of sp³-hybridized carbons (Fsp3) is 0.258. The minimum absolute atomic E-state index is 0.150. The van der Waals surface area contributed by atoms with Gasteiger partial charge in [-0.3, -0.25) is 14.6 Å². The fourth-order valence-corrected chi connectivity index (χ4v) is 5.29. The number of hydrogen-bond acceptors (Lipinski definition) is 6. The lowest BCUT2D eigenvalue weighted by Gasteiger charge is -2.21. The van der Waals surface area contributed by atoms with Gasteiger partial charge in [-0.15, -0.1) is 0 Å². The molecule has 1 aliphatic rings. The topological polar surface area (TPSA) is 109 Å². The van der Waals surface area contributed by atoms with Crippen LogP contribution < -0.4 is 11.3 Å². The number of pyridine rings is 1. The van der Waals surface area contributed by atoms with Crippen molar-refractivity contribution in [2.75, 3.05) is 5.73 Å². The summed E-state index contributed by atoms with van der Waals surface area (Å²) in [5.74, 6) is 0.324. The summed E-state index contributed by atoms with van der Waals surface area (Å²) in [6.07, 6.45) is 10.2. The highest BCUT2D eigenvalue weighted by atomic mass is 19.1. The van der Waals surface area contributed by atoms with Crippen molar-refractivity contribution in [1.29, 1.82) is 0 Å². The number of hydrogen-bond donors (Lipinski definition) is 1. The molecular formula is C31H29FN6O2. The maximum absolute atomic E-state index is 15.1. The molecule has 6 rings (SSSR count). The zero-order chi connectivity index (χ0) is 27.8. The SMILES string of the molecule is Cc1cc(C(=O)Cc2cc(C(CCC3CC3)n3ccncc3=O)ccc2F)n(-c2ccc3ccnc(N)c3c2)n1. The molecule has 1 aliphatic carbocycles. The monoisotopic (exact) mass is 536 g/mol. The molecule has 2 aromatic carbocycles. The third kappa shape index (κ3) is 5.14. The molecule has 0 saturated heterocycles. The fourth-order valence-electron chi connectivity index (χ4n) is 5.29. The minimum atomic E-state index is -0.465. The van der Waals surface area contributed by atoms with Gasteiger partial charge in [0.25, 0.3) is 5.56 Å². The molecule has 1 saturated carbocycles. The van der Waals surface area contributed by atoms with Crippen LogP contribution in [0, 0.1) is 18.7 Å². The second-order valence-electron chi connectivity index (χ2n) is 10.5. The van der Waals surface area contributed by atoms with Crippen molar-refractivity contribution in [3.05, 3.63) is 112 Å². The third-order valence-corrected chi connectivity index (χ3v) is 7.58. The normalized spacial score (nSPS) is 13.9. The van der Waals surface area contributed by atoms with E-state index in [-0.39, 0.29) is 29.4 Å². The Morgan fingerprint density at radius 3 is 2.77 bits per heavy atom. The standard InChI is InChI=1S/C31H29FN6O2/c1-19-14-28(38(36-19)24-7-5-21-10-11-35-31(33)25(21)17-24)29(39)16-23-15-22(6-8-26(23)32)27(9-4-20-2-3-20)37-13-12-34-18-30(37)40/h5-8,10-15,17-18,20,27H,2-4,9,16H2,1H3,(H2,33,35). The van der Waals surface area contributed by atoms with Crippen LogP contribution in [-0.4, -0.2) is 30.1 Å². The lowest BCUT2D eigenvalue weighted by atomic mass is 9.96. The van der Waals surface area contributed by atoms with Gasteiger partial charge in [0, 0.05) is 30.4 Å². The number of benzene rings is 2. The number of carbonyl (C=O) groups excluding carboxylic acids is 1. The lowest BCUT2D eigenvalue weighted by molar-refractivity contribution is 0.0984. The molecule has 5 aromatic rings. The van der Waals surface area contributed by atoms with Crippen LogP contribution in [0.3, 0.4) is 0 Å². The number of carbonyl (C=O) groups is 1. The second-order valence-corrected chi connectivity index (χ2v) is 10.5. The molecule has 9 heteroatoms. The molecule has 2 N–H and O–H groups in total. The largest absolute Gasteiger partial charge is 0.383 e. The Hall–Kier alpha value is -4.66. The molecule has 0 bridgehead atoms. The van der Waals surface area contributed by atoms with Gasteiger partial charge in [0.05, 0.1) is 23.6 Å². The van der Waals surface area contributed by atoms with Crippen LogP contribution in [-0.2, 0) is 6.42 Å². The van der Waals surface area contributed by atoms with Gasteiger partial charge < -0.3 is 10.3 Å². The van der Waals surface area contributed by atoms with Gasteiger partial charge in [-0.25, -0.2) is 14.1 Å². The van der Waals surface area contributed by atoms with E-state index in [9.17, 15) is 9.59 Å². The van der Waals surface area contributed by atoms with Crippen LogP contribution in [0.1, 0.15) is 59.0 Å². The van der Waals surface area contributed by atoms with Gasteiger partial charge in [0.1, 0.15) is 17.3 Å². The van der Waals surface area contributed by atoms with Crippen LogP contribution >= 0.6 is 0 Å². The van der Waals surface area contributed by atoms with Gasteiger partial charge in [0.2, 0.25) is 0 Å². The van der Waals surface area contributed by atoms with Crippen molar-refractivity contribution in [2.45, 2.75) is 45.1 Å². The van der Waals surface area contributed by atoms with E-state index in [0.717, 1.165) is 29.2 Å². The highest BCUT2D eigenvalue weighted by molar-refractivity contribution is 5.97. The zero-order valence-electron chi connectivity index (χ0n) is 22.1. The number of anilines is 1. The number of nitrogens with zero attached hydrogens (tertiary/aromatic N) is 5. The molecule has 0 amide bonds. The number of ketones is 1. The first kappa shape index (κ1) is 25.6. The van der Waals surface area contributed by atoms with E-state index in [0.29, 0.717) is 28.8 Å². The van der Waals surface area contributed by atoms with Crippen LogP contribution in [0.25, 0.3) is 16.5 Å². The Morgan fingerprint density at radius 1 is 1.12 bits per heavy atom. The van der Waals surface area contributed by atoms with Crippen molar-refractivity contribution in [1.82, 2.24) is 24.3 Å². The Kier molecular flexibility index (Phi) is 6.71. The first-order chi connectivity index (χ1) is 19.4. The van der Waals surface area contributed by atoms with Gasteiger partial charge >= 0.3 is 0 Å². The number of Topliss-reactive ketones (excluding diaryl/α,β-unsaturated/α-hetero) is 1. The van der Waals surface area contributed by atoms with Gasteiger partial charge in [-0.1, -0.05) is 31.0 Å². The zero-order valence-corrected chi connectivity index (χ0v) is 22.1. The Labute approximate surface area is 230 Å². The smallest absolute Gasteiger partial charge is 0.269 e. The highest BCUT2D eigenvalue weighted by Crippen LogP contribution is 2.37. The molecular weight excluding hydrogens is 507 g/mol. The molecule has 3 heterocycles. The number of nitrogen functional groups attached to an aromatic ring is 1. The molecule has 1 atom stereocenters. The van der Waals surface area contributed by atoms with Crippen LogP contribution in [0.5, 0.6) is 0 Å². The van der Waals surface area contributed by atoms with E-state index in [4.69, 9.17) is 5.73 Å². The summed E-state index contributed by atoms with van der Waals surface area (Å²) in [5, 5.41) is 6.23. The Bertz CT molecular complexity index is 1790. The van der Waals surface area contributed by atoms with Crippen LogP contribution in [0.15, 0.2) is 78.1 Å². The Morgan fingerprint density at radius 2 is 1.98 bits per heavy atom. The first-order valence-electron chi connectivity index (χ1n) is 13.4. The Balaban J connectivity index is 1.33. The maximum Gasteiger partial charge on any atom is 0.269 e. The summed E-state index contributed by atoms with van der Waals surface area (Å²) < 4.78 is 18.3. The number of aryl methyl sites for hydroxylation is 1. The van der Waals surface area contributed by atoms with Crippen LogP contribution in [0.4, 0.5) is 10.2 Å².